The summed E-state index contributed by atoms with van der Waals surface area (Å²) < 4.78 is 5.67. The second-order valence-corrected chi connectivity index (χ2v) is 6.15. The number of fused-ring (bicyclic) bond motifs is 1. The van der Waals surface area contributed by atoms with Gasteiger partial charge in [0.2, 0.25) is 0 Å². The first-order chi connectivity index (χ1) is 13.1. The average Bonchev–Trinajstić information content (AvgIpc) is 2.67. The predicted molar refractivity (Wildman–Crippen MR) is 102 cm³/mol. The molecule has 0 aliphatic heterocycles. The van der Waals surface area contributed by atoms with Crippen LogP contribution in [0.4, 0.5) is 5.69 Å². The molecule has 138 valence electrons. The van der Waals surface area contributed by atoms with Gasteiger partial charge in [-0.2, -0.15) is 0 Å². The normalized spacial score (nSPS) is 11.4. The second kappa shape index (κ2) is 8.51. The molecule has 1 heterocycles. The summed E-state index contributed by atoms with van der Waals surface area (Å²) in [6.45, 7) is 1.85. The van der Waals surface area contributed by atoms with E-state index in [1.54, 1.807) is 48.5 Å². The lowest BCUT2D eigenvalue weighted by Crippen LogP contribution is -2.22. The van der Waals surface area contributed by atoms with Gasteiger partial charge in [-0.15, -0.1) is 0 Å². The largest absolute Gasteiger partial charge is 0.435 e. The summed E-state index contributed by atoms with van der Waals surface area (Å²) in [5, 5.41) is 7.57. The molecule has 0 bridgehead atoms. The van der Waals surface area contributed by atoms with Crippen molar-refractivity contribution < 1.29 is 18.8 Å². The van der Waals surface area contributed by atoms with Crippen molar-refractivity contribution >= 4 is 40.1 Å². The molecule has 0 atom stereocenters. The highest BCUT2D eigenvalue weighted by atomic mass is 35.5. The Labute approximate surface area is 160 Å². The molecule has 3 aromatic rings. The number of para-hydroxylation sites is 2. The molecule has 2 aromatic carbocycles. The van der Waals surface area contributed by atoms with E-state index in [-0.39, 0.29) is 17.5 Å². The maximum Gasteiger partial charge on any atom is 0.335 e. The van der Waals surface area contributed by atoms with Crippen LogP contribution in [0.15, 0.2) is 64.2 Å². The molecule has 0 radical (unpaired) electrons. The summed E-state index contributed by atoms with van der Waals surface area (Å²) in [5.74, 6) is -0.985. The number of carbonyl (C=O) groups is 2. The molecule has 1 amide bonds. The number of halogens is 1. The molecule has 0 fully saturated rings. The van der Waals surface area contributed by atoms with Crippen LogP contribution in [0.3, 0.4) is 0 Å². The number of nitrogens with zero attached hydrogens (tertiary/aromatic N) is 1. The lowest BCUT2D eigenvalue weighted by molar-refractivity contribution is -0.144. The summed E-state index contributed by atoms with van der Waals surface area (Å²) in [7, 11) is 0. The highest BCUT2D eigenvalue weighted by Crippen LogP contribution is 2.21. The number of hydrogen-bond donors (Lipinski definition) is 1. The Hall–Kier alpha value is -3.12. The molecule has 6 nitrogen and oxygen atoms in total. The Morgan fingerprint density at radius 3 is 2.67 bits per heavy atom. The van der Waals surface area contributed by atoms with Gasteiger partial charge in [-0.25, -0.2) is 4.79 Å². The molecule has 0 unspecified atom stereocenters. The summed E-state index contributed by atoms with van der Waals surface area (Å²) in [5.41, 5.74) is 0.990. The van der Waals surface area contributed by atoms with Crippen molar-refractivity contribution in [3.8, 4) is 0 Å². The van der Waals surface area contributed by atoms with Gasteiger partial charge >= 0.3 is 5.97 Å². The molecule has 0 saturated carbocycles. The predicted octanol–water partition coefficient (Wildman–Crippen LogP) is 4.50. The number of carbonyl (C=O) groups excluding carboxylic acids is 2. The first-order valence-corrected chi connectivity index (χ1v) is 8.79. The first kappa shape index (κ1) is 18.7. The Balaban J connectivity index is 2.02. The van der Waals surface area contributed by atoms with Crippen LogP contribution >= 0.6 is 11.6 Å². The fraction of sp³-hybridized carbons (Fsp3) is 0.150. The van der Waals surface area contributed by atoms with Crippen molar-refractivity contribution in [1.82, 2.24) is 0 Å². The molecular weight excluding hydrogens is 368 g/mol. The van der Waals surface area contributed by atoms with E-state index in [1.807, 2.05) is 13.0 Å². The second-order valence-electron chi connectivity index (χ2n) is 5.74. The number of nitrogens with one attached hydrogen (secondary N) is 1. The third kappa shape index (κ3) is 4.54. The minimum atomic E-state index is -0.502. The van der Waals surface area contributed by atoms with Gasteiger partial charge in [0.1, 0.15) is 11.1 Å². The summed E-state index contributed by atoms with van der Waals surface area (Å²) in [6, 6.07) is 15.6. The Bertz CT molecular complexity index is 1060. The lowest BCUT2D eigenvalue weighted by atomic mass is 10.1. The number of rotatable bonds is 5. The fourth-order valence-corrected chi connectivity index (χ4v) is 2.58. The molecule has 1 N–H and O–H groups in total. The molecule has 1 aromatic heterocycles. The zero-order valence-corrected chi connectivity index (χ0v) is 15.3. The SMILES string of the molecule is CCCC(=O)ON=c1oc2ccccc2cc1C(=O)Nc1ccccc1Cl. The highest BCUT2D eigenvalue weighted by molar-refractivity contribution is 6.33. The number of hydrogen-bond acceptors (Lipinski definition) is 5. The van der Waals surface area contributed by atoms with Crippen LogP contribution in [0.25, 0.3) is 11.0 Å². The number of anilines is 1. The van der Waals surface area contributed by atoms with Crippen LogP contribution in [-0.4, -0.2) is 11.9 Å². The summed E-state index contributed by atoms with van der Waals surface area (Å²) in [4.78, 5) is 29.3. The van der Waals surface area contributed by atoms with Crippen LogP contribution in [0.2, 0.25) is 5.02 Å². The fourth-order valence-electron chi connectivity index (χ4n) is 2.39. The number of benzene rings is 2. The third-order valence-electron chi connectivity index (χ3n) is 3.71. The van der Waals surface area contributed by atoms with Crippen molar-refractivity contribution in [3.05, 3.63) is 70.7 Å². The van der Waals surface area contributed by atoms with E-state index >= 15 is 0 Å². The van der Waals surface area contributed by atoms with Crippen LogP contribution in [0, 0.1) is 0 Å². The van der Waals surface area contributed by atoms with Gasteiger partial charge in [-0.1, -0.05) is 48.9 Å². The number of amides is 1. The minimum absolute atomic E-state index is 0.0947. The van der Waals surface area contributed by atoms with E-state index in [0.29, 0.717) is 28.1 Å². The van der Waals surface area contributed by atoms with Crippen LogP contribution in [0.5, 0.6) is 0 Å². The molecule has 0 aliphatic carbocycles. The van der Waals surface area contributed by atoms with Crippen LogP contribution < -0.4 is 10.9 Å². The van der Waals surface area contributed by atoms with E-state index in [2.05, 4.69) is 10.5 Å². The standard InChI is InChI=1S/C20H17ClN2O4/c1-2-7-18(24)27-23-20-14(12-13-8-3-6-11-17(13)26-20)19(25)22-16-10-5-4-9-15(16)21/h3-6,8-12H,2,7H2,1H3,(H,22,25). The van der Waals surface area contributed by atoms with Crippen LogP contribution in [-0.2, 0) is 9.63 Å². The van der Waals surface area contributed by atoms with Gasteiger partial charge in [0, 0.05) is 11.8 Å². The molecule has 0 aliphatic rings. The van der Waals surface area contributed by atoms with Gasteiger partial charge in [0.15, 0.2) is 0 Å². The van der Waals surface area contributed by atoms with Crippen molar-refractivity contribution in [2.75, 3.05) is 5.32 Å². The smallest absolute Gasteiger partial charge is 0.335 e. The third-order valence-corrected chi connectivity index (χ3v) is 4.04. The van der Waals surface area contributed by atoms with E-state index < -0.39 is 11.9 Å². The molecule has 27 heavy (non-hydrogen) atoms. The Kier molecular flexibility index (Phi) is 5.88. The van der Waals surface area contributed by atoms with Gasteiger partial charge in [0.05, 0.1) is 10.7 Å². The molecule has 0 saturated heterocycles. The highest BCUT2D eigenvalue weighted by Gasteiger charge is 2.15. The van der Waals surface area contributed by atoms with Crippen molar-refractivity contribution in [2.45, 2.75) is 19.8 Å². The van der Waals surface area contributed by atoms with E-state index in [4.69, 9.17) is 20.9 Å². The lowest BCUT2D eigenvalue weighted by Gasteiger charge is -2.08. The van der Waals surface area contributed by atoms with E-state index in [1.165, 1.54) is 0 Å². The molecular formula is C20H17ClN2O4. The topological polar surface area (TPSA) is 80.9 Å². The average molecular weight is 385 g/mol. The van der Waals surface area contributed by atoms with E-state index in [9.17, 15) is 9.59 Å². The molecule has 0 spiro atoms. The summed E-state index contributed by atoms with van der Waals surface area (Å²) >= 11 is 6.10. The Morgan fingerprint density at radius 2 is 1.89 bits per heavy atom. The van der Waals surface area contributed by atoms with Crippen molar-refractivity contribution in [3.63, 3.8) is 0 Å². The van der Waals surface area contributed by atoms with Gasteiger partial charge in [-0.05, 0) is 35.8 Å². The zero-order chi connectivity index (χ0) is 19.2. The quantitative estimate of drug-likeness (QED) is 0.518. The van der Waals surface area contributed by atoms with Gasteiger partial charge < -0.3 is 14.6 Å². The molecule has 3 rings (SSSR count). The summed E-state index contributed by atoms with van der Waals surface area (Å²) in [6.07, 6.45) is 0.849. The van der Waals surface area contributed by atoms with E-state index in [0.717, 1.165) is 0 Å². The Morgan fingerprint density at radius 1 is 1.15 bits per heavy atom. The van der Waals surface area contributed by atoms with Crippen LogP contribution in [0.1, 0.15) is 30.1 Å². The van der Waals surface area contributed by atoms with Gasteiger partial charge in [-0.3, -0.25) is 4.79 Å². The molecule has 7 heteroatoms. The van der Waals surface area contributed by atoms with Gasteiger partial charge in [0.25, 0.3) is 11.5 Å². The maximum atomic E-state index is 12.8. The monoisotopic (exact) mass is 384 g/mol. The zero-order valence-electron chi connectivity index (χ0n) is 14.6. The maximum absolute atomic E-state index is 12.8. The van der Waals surface area contributed by atoms with Crippen molar-refractivity contribution in [2.24, 2.45) is 5.16 Å². The van der Waals surface area contributed by atoms with Crippen molar-refractivity contribution in [1.29, 1.82) is 0 Å². The first-order valence-electron chi connectivity index (χ1n) is 8.41. The minimum Gasteiger partial charge on any atom is -0.435 e.